The van der Waals surface area contributed by atoms with Crippen LogP contribution in [0.15, 0.2) is 120 Å². The summed E-state index contributed by atoms with van der Waals surface area (Å²) in [6, 6.07) is 10.5. The molecule has 0 spiro atoms. The summed E-state index contributed by atoms with van der Waals surface area (Å²) in [4.78, 5) is 152. The van der Waals surface area contributed by atoms with Crippen LogP contribution in [0.4, 0.5) is 34.3 Å². The number of hydrogen-bond donors (Lipinski definition) is 7. The van der Waals surface area contributed by atoms with E-state index in [9.17, 15) is 43.5 Å². The van der Waals surface area contributed by atoms with Gasteiger partial charge in [0.05, 0.1) is 68.0 Å². The molecule has 7 aliphatic rings. The molecule has 4 saturated heterocycles. The SMILES string of the molecule is CO[C@H]1CC2CCCC(O2)C(=O)C(=O)N2CCCC[C@H]2C(=O)O[C@H](CC[C@H]2CC[C@H](OC(=O)NCCOCCC(=O)NCc3cnc(N4CCN(C(=O)CCOCCN5CCN(c6ncc(C(=O)N7CCc8cc(CNc9ncnc(N)c9C(=N)c9ccc%10oc(N)nc%10c9)ccc8C7)cn6)CC5)CC4)nc3)CC2)CC[C@H](C)/C=C(\C)[C@@H](O)CC(=O)[C@H](C)C[C@H](C)/C=C/C=C/C=C/1C. The van der Waals surface area contributed by atoms with Crippen molar-refractivity contribution in [2.45, 2.75) is 225 Å². The van der Waals surface area contributed by atoms with E-state index in [-0.39, 0.29) is 135 Å². The maximum Gasteiger partial charge on any atom is 0.407 e. The summed E-state index contributed by atoms with van der Waals surface area (Å²) in [7, 11) is 1.65. The number of carbonyl (C=O) groups is 8. The number of oxazole rings is 1. The molecule has 9 atom stereocenters. The van der Waals surface area contributed by atoms with Gasteiger partial charge in [-0.25, -0.2) is 39.5 Å². The van der Waals surface area contributed by atoms with E-state index in [0.29, 0.717) is 207 Å². The summed E-state index contributed by atoms with van der Waals surface area (Å²) >= 11 is 0. The number of cyclic esters (lactones) is 1. The van der Waals surface area contributed by atoms with Crippen LogP contribution < -0.4 is 37.2 Å². The van der Waals surface area contributed by atoms with E-state index < -0.39 is 48.1 Å². The van der Waals surface area contributed by atoms with Crippen molar-refractivity contribution in [2.24, 2.45) is 23.7 Å². The van der Waals surface area contributed by atoms with Crippen molar-refractivity contribution >= 4 is 93.6 Å². The Morgan fingerprint density at radius 2 is 1.41 bits per heavy atom. The topological polar surface area (TPSA) is 447 Å². The van der Waals surface area contributed by atoms with Crippen molar-refractivity contribution in [3.05, 3.63) is 154 Å². The van der Waals surface area contributed by atoms with Crippen LogP contribution in [-0.2, 0) is 83.2 Å². The lowest BCUT2D eigenvalue weighted by molar-refractivity contribution is -0.167. The van der Waals surface area contributed by atoms with Crippen LogP contribution in [0, 0.1) is 29.1 Å². The molecule has 35 nitrogen and oxygen atoms in total. The zero-order chi connectivity index (χ0) is 93.9. The number of esters is 1. The number of aliphatic hydroxyl groups is 1. The molecule has 2 unspecified atom stereocenters. The molecule has 13 rings (SSSR count). The number of rotatable bonds is 27. The first-order chi connectivity index (χ1) is 64.3. The Hall–Kier alpha value is -11.5. The Morgan fingerprint density at radius 1 is 0.669 bits per heavy atom. The van der Waals surface area contributed by atoms with Crippen LogP contribution in [0.5, 0.6) is 0 Å². The minimum atomic E-state index is -0.934. The highest BCUT2D eigenvalue weighted by atomic mass is 16.6. The number of amides is 5. The molecule has 2 aromatic carbocycles. The number of anilines is 5. The summed E-state index contributed by atoms with van der Waals surface area (Å²) in [5.74, 6) is -0.352. The highest BCUT2D eigenvalue weighted by molar-refractivity contribution is 6.38. The van der Waals surface area contributed by atoms with Crippen molar-refractivity contribution in [2.75, 3.05) is 139 Å². The third-order valence-corrected chi connectivity index (χ3v) is 26.6. The van der Waals surface area contributed by atoms with Gasteiger partial charge in [0.1, 0.15) is 53.6 Å². The van der Waals surface area contributed by atoms with Gasteiger partial charge in [0.25, 0.3) is 17.8 Å². The third kappa shape index (κ3) is 28.5. The number of ketones is 2. The summed E-state index contributed by atoms with van der Waals surface area (Å²) in [5, 5.41) is 29.3. The second-order valence-corrected chi connectivity index (χ2v) is 36.5. The zero-order valence-corrected chi connectivity index (χ0v) is 77.8. The van der Waals surface area contributed by atoms with E-state index in [1.807, 2.05) is 84.9 Å². The molecule has 6 aromatic rings. The average molecular weight is 1830 g/mol. The van der Waals surface area contributed by atoms with Gasteiger partial charge in [-0.05, 0) is 180 Å². The first-order valence-corrected chi connectivity index (χ1v) is 47.5. The Labute approximate surface area is 778 Å². The lowest BCUT2D eigenvalue weighted by Crippen LogP contribution is -2.54. The van der Waals surface area contributed by atoms with E-state index in [0.717, 1.165) is 73.1 Å². The highest BCUT2D eigenvalue weighted by Gasteiger charge is 2.42. The summed E-state index contributed by atoms with van der Waals surface area (Å²) in [6.45, 7) is 19.0. The summed E-state index contributed by atoms with van der Waals surface area (Å²) in [5.41, 5.74) is 20.2. The molecular weight excluding hydrogens is 1700 g/mol. The van der Waals surface area contributed by atoms with E-state index >= 15 is 0 Å². The smallest absolute Gasteiger partial charge is 0.407 e. The predicted molar refractivity (Wildman–Crippen MR) is 502 cm³/mol. The molecule has 1 saturated carbocycles. The molecule has 35 heteroatoms. The number of nitrogens with two attached hydrogens (primary N) is 2. The normalized spacial score (nSPS) is 25.1. The number of nitrogens with zero attached hydrogens (tertiary/aromatic N) is 13. The molecule has 9 N–H and O–H groups in total. The van der Waals surface area contributed by atoms with E-state index in [1.54, 1.807) is 50.1 Å². The van der Waals surface area contributed by atoms with Crippen molar-refractivity contribution in [3.8, 4) is 0 Å². The van der Waals surface area contributed by atoms with Crippen molar-refractivity contribution < 1.29 is 76.3 Å². The minimum Gasteiger partial charge on any atom is -0.461 e. The van der Waals surface area contributed by atoms with Gasteiger partial charge in [-0.2, -0.15) is 4.98 Å². The largest absolute Gasteiger partial charge is 0.461 e. The van der Waals surface area contributed by atoms with Crippen molar-refractivity contribution in [1.29, 1.82) is 5.41 Å². The van der Waals surface area contributed by atoms with Crippen LogP contribution in [-0.4, -0.2) is 267 Å². The Balaban J connectivity index is 0.459. The molecule has 6 aliphatic heterocycles. The number of hydrogen-bond acceptors (Lipinski definition) is 30. The van der Waals surface area contributed by atoms with Gasteiger partial charge < -0.3 is 89.9 Å². The number of nitrogen functional groups attached to an aromatic ring is 2. The molecule has 5 fully saturated rings. The average Bonchev–Trinajstić information content (AvgIpc) is 1.73. The van der Waals surface area contributed by atoms with E-state index in [1.165, 1.54) is 11.2 Å². The fraction of sp³-hybridized carbons (Fsp3) is 0.571. The monoisotopic (exact) mass is 1830 g/mol. The summed E-state index contributed by atoms with van der Waals surface area (Å²) in [6.07, 6.45) is 27.3. The first kappa shape index (κ1) is 99.0. The minimum absolute atomic E-state index is 0.00240. The maximum absolute atomic E-state index is 14.5. The van der Waals surface area contributed by atoms with Gasteiger partial charge in [-0.3, -0.25) is 39.1 Å². The quantitative estimate of drug-likeness (QED) is 0.00828. The van der Waals surface area contributed by atoms with Gasteiger partial charge in [-0.15, -0.1) is 0 Å². The van der Waals surface area contributed by atoms with Crippen molar-refractivity contribution in [3.63, 3.8) is 0 Å². The second kappa shape index (κ2) is 48.9. The third-order valence-electron chi connectivity index (χ3n) is 26.6. The van der Waals surface area contributed by atoms with E-state index in [4.69, 9.17) is 49.7 Å². The van der Waals surface area contributed by atoms with Crippen LogP contribution in [0.3, 0.4) is 0 Å². The second-order valence-electron chi connectivity index (χ2n) is 36.5. The standard InChI is InChI=1S/C98H133N19O16/c1-63-13-8-7-9-14-65(3)84(127-6)53-77-15-12-17-83(130-77)89(122)93(124)117-34-11-10-16-79(117)94(125)131-75(25-18-64(2)50-67(5)81(119)54-80(118)66(4)49-63)26-20-68-21-27-76(28-22-68)132-98(126)102-33-47-128-45-31-85(120)103-56-70-57-105-96(106-58-70)115-42-40-113(41-43-115)86(121)32-46-129-48-44-112-36-38-114(39-37-112)97-107-59-74(60-108-97)92(123)116-35-30-71-51-69(19-23-73(71)61-116)55-104-91-87(90(100)109-62-110-91)88(99)72-24-29-82-78(52-72)111-95(101)133-82/h7-9,13-14,19,23-24,29,50-52,57-60,62-64,66,68,75-77,79,81,83-84,99,119H,10-12,15-18,20-22,25-28,30-49,53-56,61H2,1-6H3,(H2,101,111)(H,102,126)(H,103,120)(H3,100,104,109,110)/b9-7+,13-8+,65-14+,67-50+,99-88?/t63-,64+,66-,68-,75+,76-,77?,79+,81+,83?,84+/m1/s1. The number of benzene rings is 2. The molecule has 1 aliphatic carbocycles. The predicted octanol–water partition coefficient (Wildman–Crippen LogP) is 10.2. The van der Waals surface area contributed by atoms with E-state index in [2.05, 4.69) is 79.7 Å². The molecule has 4 aromatic heterocycles. The van der Waals surface area contributed by atoms with Gasteiger partial charge in [0.2, 0.25) is 29.5 Å². The molecule has 2 bridgehead atoms. The zero-order valence-electron chi connectivity index (χ0n) is 77.8. The van der Waals surface area contributed by atoms with Gasteiger partial charge >= 0.3 is 12.1 Å². The van der Waals surface area contributed by atoms with Gasteiger partial charge in [0, 0.05) is 166 Å². The van der Waals surface area contributed by atoms with Gasteiger partial charge in [0.15, 0.2) is 5.58 Å². The van der Waals surface area contributed by atoms with Gasteiger partial charge in [-0.1, -0.05) is 75.4 Å². The Bertz CT molecular complexity index is 5080. The number of Topliss-reactive ketones (excluding diaryl/α,β-unsaturated/α-hetero) is 2. The molecular formula is C98H133N19O16. The lowest BCUT2D eigenvalue weighted by atomic mass is 9.83. The van der Waals surface area contributed by atoms with Crippen LogP contribution in [0.2, 0.25) is 0 Å². The number of nitrogens with one attached hydrogen (secondary N) is 4. The number of piperazine rings is 2. The van der Waals surface area contributed by atoms with Crippen LogP contribution in [0.25, 0.3) is 11.1 Å². The maximum atomic E-state index is 14.5. The number of aliphatic hydroxyl groups excluding tert-OH is 1. The molecule has 10 heterocycles. The Morgan fingerprint density at radius 3 is 2.18 bits per heavy atom. The molecule has 716 valence electrons. The number of allylic oxidation sites excluding steroid dienone is 6. The number of ether oxygens (including phenoxy) is 6. The number of alkyl carbamates (subject to hydrolysis) is 1. The molecule has 133 heavy (non-hydrogen) atoms. The lowest BCUT2D eigenvalue weighted by Gasteiger charge is -2.36. The molecule has 0 radical (unpaired) electrons. The number of methoxy groups -OCH3 is 1. The fourth-order valence-corrected chi connectivity index (χ4v) is 18.6. The number of aromatic nitrogens is 7. The Kier molecular flexibility index (Phi) is 36.4. The number of carbonyl (C=O) groups excluding carboxylic acids is 8. The number of piperidine rings is 1. The van der Waals surface area contributed by atoms with Crippen LogP contribution >= 0.6 is 0 Å². The highest BCUT2D eigenvalue weighted by Crippen LogP contribution is 2.35. The van der Waals surface area contributed by atoms with Crippen LogP contribution in [0.1, 0.15) is 200 Å². The molecule has 5 amide bonds. The van der Waals surface area contributed by atoms with Crippen molar-refractivity contribution in [1.82, 2.24) is 65.1 Å². The summed E-state index contributed by atoms with van der Waals surface area (Å²) < 4.78 is 41.6. The number of fused-ring (bicyclic) bond motifs is 5. The first-order valence-electron chi connectivity index (χ1n) is 47.5. The fourth-order valence-electron chi connectivity index (χ4n) is 18.6.